The van der Waals surface area contributed by atoms with Crippen LogP contribution in [0.1, 0.15) is 13.3 Å². The minimum absolute atomic E-state index is 0.308. The normalized spacial score (nSPS) is 9.57. The number of carbonyl (C=O) groups excluding carboxylic acids is 1. The average Bonchev–Trinajstić information content (AvgIpc) is 2.15. The van der Waals surface area contributed by atoms with E-state index >= 15 is 0 Å². The van der Waals surface area contributed by atoms with Crippen LogP contribution in [-0.4, -0.2) is 12.6 Å². The van der Waals surface area contributed by atoms with Crippen LogP contribution in [0.25, 0.3) is 0 Å². The molecule has 0 aliphatic carbocycles. The molecule has 1 aromatic rings. The van der Waals surface area contributed by atoms with Crippen molar-refractivity contribution < 1.29 is 9.18 Å². The van der Waals surface area contributed by atoms with Gasteiger partial charge in [-0.1, -0.05) is 13.0 Å². The molecule has 1 rings (SSSR count). The topological polar surface area (TPSA) is 41.1 Å². The SMILES string of the molecule is CCCNC(=O)Nc1cccc(F)c1. The van der Waals surface area contributed by atoms with Crippen LogP contribution in [0.2, 0.25) is 0 Å². The molecule has 2 N–H and O–H groups in total. The summed E-state index contributed by atoms with van der Waals surface area (Å²) in [4.78, 5) is 11.1. The second kappa shape index (κ2) is 5.21. The fourth-order valence-electron chi connectivity index (χ4n) is 0.980. The zero-order valence-corrected chi connectivity index (χ0v) is 8.01. The first-order chi connectivity index (χ1) is 6.72. The molecule has 0 heterocycles. The van der Waals surface area contributed by atoms with Gasteiger partial charge in [-0.25, -0.2) is 9.18 Å². The van der Waals surface area contributed by atoms with E-state index in [1.54, 1.807) is 12.1 Å². The van der Waals surface area contributed by atoms with Gasteiger partial charge in [0.05, 0.1) is 0 Å². The lowest BCUT2D eigenvalue weighted by Gasteiger charge is -2.05. The molecule has 0 saturated carbocycles. The highest BCUT2D eigenvalue weighted by atomic mass is 19.1. The number of halogens is 1. The highest BCUT2D eigenvalue weighted by Crippen LogP contribution is 2.08. The van der Waals surface area contributed by atoms with Crippen molar-refractivity contribution >= 4 is 11.7 Å². The highest BCUT2D eigenvalue weighted by Gasteiger charge is 2.00. The van der Waals surface area contributed by atoms with Crippen molar-refractivity contribution in [2.75, 3.05) is 11.9 Å². The van der Waals surface area contributed by atoms with E-state index in [-0.39, 0.29) is 11.8 Å². The van der Waals surface area contributed by atoms with Crippen LogP contribution in [-0.2, 0) is 0 Å². The summed E-state index contributed by atoms with van der Waals surface area (Å²) in [6, 6.07) is 5.47. The molecule has 4 heteroatoms. The van der Waals surface area contributed by atoms with E-state index in [0.29, 0.717) is 12.2 Å². The Bertz CT molecular complexity index is 315. The molecule has 0 bridgehead atoms. The van der Waals surface area contributed by atoms with Crippen molar-refractivity contribution in [1.82, 2.24) is 5.32 Å². The largest absolute Gasteiger partial charge is 0.338 e. The van der Waals surface area contributed by atoms with Gasteiger partial charge in [-0.05, 0) is 24.6 Å². The summed E-state index contributed by atoms with van der Waals surface area (Å²) in [5.41, 5.74) is 0.457. The summed E-state index contributed by atoms with van der Waals surface area (Å²) in [5.74, 6) is -0.363. The fraction of sp³-hybridized carbons (Fsp3) is 0.300. The number of hydrogen-bond acceptors (Lipinski definition) is 1. The molecule has 0 saturated heterocycles. The van der Waals surface area contributed by atoms with E-state index in [2.05, 4.69) is 10.6 Å². The first kappa shape index (κ1) is 10.5. The van der Waals surface area contributed by atoms with Crippen molar-refractivity contribution in [3.63, 3.8) is 0 Å². The summed E-state index contributed by atoms with van der Waals surface area (Å²) < 4.78 is 12.7. The first-order valence-corrected chi connectivity index (χ1v) is 4.53. The van der Waals surface area contributed by atoms with Gasteiger partial charge in [-0.3, -0.25) is 0 Å². The molecule has 2 amide bonds. The monoisotopic (exact) mass is 196 g/mol. The molecule has 0 radical (unpaired) electrons. The van der Waals surface area contributed by atoms with Crippen LogP contribution < -0.4 is 10.6 Å². The van der Waals surface area contributed by atoms with Gasteiger partial charge in [0, 0.05) is 12.2 Å². The number of nitrogens with one attached hydrogen (secondary N) is 2. The molecule has 0 fully saturated rings. The van der Waals surface area contributed by atoms with Gasteiger partial charge in [0.15, 0.2) is 0 Å². The summed E-state index contributed by atoms with van der Waals surface area (Å²) in [7, 11) is 0. The van der Waals surface area contributed by atoms with Crippen LogP contribution >= 0.6 is 0 Å². The number of rotatable bonds is 3. The Morgan fingerprint density at radius 3 is 2.93 bits per heavy atom. The van der Waals surface area contributed by atoms with Crippen LogP contribution in [0.4, 0.5) is 14.9 Å². The maximum Gasteiger partial charge on any atom is 0.319 e. The second-order valence-corrected chi connectivity index (χ2v) is 2.89. The van der Waals surface area contributed by atoms with Gasteiger partial charge in [-0.15, -0.1) is 0 Å². The predicted octanol–water partition coefficient (Wildman–Crippen LogP) is 2.36. The third kappa shape index (κ3) is 3.43. The van der Waals surface area contributed by atoms with Gasteiger partial charge in [0.2, 0.25) is 0 Å². The number of hydrogen-bond donors (Lipinski definition) is 2. The smallest absolute Gasteiger partial charge is 0.319 e. The minimum atomic E-state index is -0.363. The Morgan fingerprint density at radius 1 is 1.50 bits per heavy atom. The van der Waals surface area contributed by atoms with Crippen molar-refractivity contribution in [2.24, 2.45) is 0 Å². The number of anilines is 1. The van der Waals surface area contributed by atoms with E-state index in [1.807, 2.05) is 6.92 Å². The zero-order chi connectivity index (χ0) is 10.4. The number of amides is 2. The third-order valence-electron chi connectivity index (χ3n) is 1.62. The van der Waals surface area contributed by atoms with Crippen LogP contribution in [0, 0.1) is 5.82 Å². The summed E-state index contributed by atoms with van der Waals surface area (Å²) >= 11 is 0. The van der Waals surface area contributed by atoms with Crippen molar-refractivity contribution in [2.45, 2.75) is 13.3 Å². The molecule has 0 atom stereocenters. The quantitative estimate of drug-likeness (QED) is 0.765. The molecule has 0 aliphatic rings. The Labute approximate surface area is 82.3 Å². The Morgan fingerprint density at radius 2 is 2.29 bits per heavy atom. The van der Waals surface area contributed by atoms with Gasteiger partial charge < -0.3 is 10.6 Å². The van der Waals surface area contributed by atoms with Crippen LogP contribution in [0.15, 0.2) is 24.3 Å². The number of urea groups is 1. The Hall–Kier alpha value is -1.58. The van der Waals surface area contributed by atoms with Crippen LogP contribution in [0.3, 0.4) is 0 Å². The molecule has 0 aromatic heterocycles. The highest BCUT2D eigenvalue weighted by molar-refractivity contribution is 5.89. The maximum absolute atomic E-state index is 12.7. The van der Waals surface area contributed by atoms with Crippen molar-refractivity contribution in [1.29, 1.82) is 0 Å². The Balaban J connectivity index is 2.47. The molecule has 3 nitrogen and oxygen atoms in total. The number of carbonyl (C=O) groups is 1. The molecule has 76 valence electrons. The van der Waals surface area contributed by atoms with Gasteiger partial charge in [-0.2, -0.15) is 0 Å². The average molecular weight is 196 g/mol. The first-order valence-electron chi connectivity index (χ1n) is 4.53. The van der Waals surface area contributed by atoms with Crippen molar-refractivity contribution in [3.8, 4) is 0 Å². The standard InChI is InChI=1S/C10H13FN2O/c1-2-6-12-10(14)13-9-5-3-4-8(11)7-9/h3-5,7H,2,6H2,1H3,(H2,12,13,14). The van der Waals surface area contributed by atoms with E-state index < -0.39 is 0 Å². The Kier molecular flexibility index (Phi) is 3.91. The molecule has 0 spiro atoms. The van der Waals surface area contributed by atoms with Gasteiger partial charge in [0.1, 0.15) is 5.82 Å². The van der Waals surface area contributed by atoms with Crippen molar-refractivity contribution in [3.05, 3.63) is 30.1 Å². The molecular weight excluding hydrogens is 183 g/mol. The molecule has 0 aliphatic heterocycles. The summed E-state index contributed by atoms with van der Waals surface area (Å²) in [5, 5.41) is 5.16. The lowest BCUT2D eigenvalue weighted by atomic mass is 10.3. The van der Waals surface area contributed by atoms with E-state index in [0.717, 1.165) is 6.42 Å². The summed E-state index contributed by atoms with van der Waals surface area (Å²) in [6.07, 6.45) is 0.872. The predicted molar refractivity (Wildman–Crippen MR) is 53.7 cm³/mol. The molecule has 14 heavy (non-hydrogen) atoms. The molecular formula is C10H13FN2O. The van der Waals surface area contributed by atoms with Gasteiger partial charge in [0.25, 0.3) is 0 Å². The zero-order valence-electron chi connectivity index (χ0n) is 8.01. The second-order valence-electron chi connectivity index (χ2n) is 2.89. The van der Waals surface area contributed by atoms with E-state index in [4.69, 9.17) is 0 Å². The van der Waals surface area contributed by atoms with E-state index in [9.17, 15) is 9.18 Å². The third-order valence-corrected chi connectivity index (χ3v) is 1.62. The lowest BCUT2D eigenvalue weighted by molar-refractivity contribution is 0.252. The van der Waals surface area contributed by atoms with E-state index in [1.165, 1.54) is 12.1 Å². The fourth-order valence-corrected chi connectivity index (χ4v) is 0.980. The number of benzene rings is 1. The summed E-state index contributed by atoms with van der Waals surface area (Å²) in [6.45, 7) is 2.57. The lowest BCUT2D eigenvalue weighted by Crippen LogP contribution is -2.29. The maximum atomic E-state index is 12.7. The van der Waals surface area contributed by atoms with Crippen LogP contribution in [0.5, 0.6) is 0 Å². The molecule has 0 unspecified atom stereocenters. The van der Waals surface area contributed by atoms with Gasteiger partial charge >= 0.3 is 6.03 Å². The minimum Gasteiger partial charge on any atom is -0.338 e. The molecule has 1 aromatic carbocycles.